The van der Waals surface area contributed by atoms with Crippen molar-refractivity contribution in [1.82, 2.24) is 10.2 Å². The molecule has 0 aromatic heterocycles. The molecule has 0 spiro atoms. The summed E-state index contributed by atoms with van der Waals surface area (Å²) in [6.45, 7) is 6.94. The first-order valence-electron chi connectivity index (χ1n) is 6.82. The lowest BCUT2D eigenvalue weighted by Gasteiger charge is -2.19. The smallest absolute Gasteiger partial charge is 0.123 e. The molecule has 0 aliphatic rings. The molecular weight excluding hydrogens is 304 g/mol. The molecule has 0 saturated carbocycles. The van der Waals surface area contributed by atoms with Crippen LogP contribution in [-0.4, -0.2) is 38.2 Å². The van der Waals surface area contributed by atoms with Crippen LogP contribution in [0.2, 0.25) is 0 Å². The van der Waals surface area contributed by atoms with E-state index in [9.17, 15) is 0 Å². The van der Waals surface area contributed by atoms with E-state index in [0.717, 1.165) is 36.3 Å². The van der Waals surface area contributed by atoms with Gasteiger partial charge in [-0.25, -0.2) is 0 Å². The van der Waals surface area contributed by atoms with Gasteiger partial charge in [0.25, 0.3) is 0 Å². The van der Waals surface area contributed by atoms with Crippen molar-refractivity contribution in [2.75, 3.05) is 27.2 Å². The second-order valence-electron chi connectivity index (χ2n) is 5.14. The van der Waals surface area contributed by atoms with Crippen molar-refractivity contribution in [1.29, 1.82) is 0 Å². The molecule has 3 nitrogen and oxygen atoms in total. The fraction of sp³-hybridized carbons (Fsp3) is 0.600. The Morgan fingerprint density at radius 3 is 2.74 bits per heavy atom. The van der Waals surface area contributed by atoms with Gasteiger partial charge >= 0.3 is 0 Å². The highest BCUT2D eigenvalue weighted by atomic mass is 79.9. The molecule has 1 aromatic rings. The summed E-state index contributed by atoms with van der Waals surface area (Å²) < 4.78 is 6.87. The summed E-state index contributed by atoms with van der Waals surface area (Å²) in [7, 11) is 4.18. The average molecular weight is 329 g/mol. The highest BCUT2D eigenvalue weighted by Gasteiger charge is 2.07. The third kappa shape index (κ3) is 6.41. The summed E-state index contributed by atoms with van der Waals surface area (Å²) in [6, 6.07) is 6.64. The maximum Gasteiger partial charge on any atom is 0.123 e. The molecule has 0 fully saturated rings. The SMILES string of the molecule is CCCOc1ccc(Br)cc1CNC(C)CN(C)C. The van der Waals surface area contributed by atoms with Crippen molar-refractivity contribution < 1.29 is 4.74 Å². The van der Waals surface area contributed by atoms with Crippen molar-refractivity contribution in [3.05, 3.63) is 28.2 Å². The van der Waals surface area contributed by atoms with Crippen LogP contribution in [0.5, 0.6) is 5.75 Å². The van der Waals surface area contributed by atoms with Crippen LogP contribution in [0.25, 0.3) is 0 Å². The molecule has 108 valence electrons. The van der Waals surface area contributed by atoms with Gasteiger partial charge in [-0.05, 0) is 45.6 Å². The van der Waals surface area contributed by atoms with Crippen LogP contribution in [0.1, 0.15) is 25.8 Å². The van der Waals surface area contributed by atoms with Gasteiger partial charge in [0.2, 0.25) is 0 Å². The first-order valence-corrected chi connectivity index (χ1v) is 7.61. The van der Waals surface area contributed by atoms with E-state index >= 15 is 0 Å². The van der Waals surface area contributed by atoms with Crippen molar-refractivity contribution in [2.24, 2.45) is 0 Å². The molecule has 4 heteroatoms. The third-order valence-corrected chi connectivity index (χ3v) is 3.26. The molecule has 1 aromatic carbocycles. The Balaban J connectivity index is 2.62. The lowest BCUT2D eigenvalue weighted by atomic mass is 10.2. The van der Waals surface area contributed by atoms with E-state index in [1.165, 1.54) is 5.56 Å². The van der Waals surface area contributed by atoms with Gasteiger partial charge < -0.3 is 15.0 Å². The number of hydrogen-bond donors (Lipinski definition) is 1. The highest BCUT2D eigenvalue weighted by Crippen LogP contribution is 2.23. The van der Waals surface area contributed by atoms with E-state index in [1.807, 2.05) is 12.1 Å². The molecule has 0 heterocycles. The first kappa shape index (κ1) is 16.5. The number of benzene rings is 1. The molecule has 19 heavy (non-hydrogen) atoms. The Hall–Kier alpha value is -0.580. The summed E-state index contributed by atoms with van der Waals surface area (Å²) in [4.78, 5) is 2.19. The Morgan fingerprint density at radius 1 is 1.37 bits per heavy atom. The Labute approximate surface area is 125 Å². The van der Waals surface area contributed by atoms with E-state index in [0.29, 0.717) is 6.04 Å². The minimum atomic E-state index is 0.452. The van der Waals surface area contributed by atoms with Gasteiger partial charge in [0.1, 0.15) is 5.75 Å². The fourth-order valence-corrected chi connectivity index (χ4v) is 2.34. The minimum Gasteiger partial charge on any atom is -0.493 e. The van der Waals surface area contributed by atoms with E-state index < -0.39 is 0 Å². The molecule has 0 bridgehead atoms. The zero-order valence-corrected chi connectivity index (χ0v) is 14.0. The average Bonchev–Trinajstić information content (AvgIpc) is 2.34. The lowest BCUT2D eigenvalue weighted by molar-refractivity contribution is 0.310. The van der Waals surface area contributed by atoms with E-state index in [4.69, 9.17) is 4.74 Å². The van der Waals surface area contributed by atoms with Crippen LogP contribution >= 0.6 is 15.9 Å². The molecule has 0 amide bonds. The second kappa shape index (κ2) is 8.56. The number of nitrogens with zero attached hydrogens (tertiary/aromatic N) is 1. The van der Waals surface area contributed by atoms with Crippen LogP contribution in [0.15, 0.2) is 22.7 Å². The molecule has 0 saturated heterocycles. The Kier molecular flexibility index (Phi) is 7.42. The molecule has 1 rings (SSSR count). The number of rotatable bonds is 8. The number of ether oxygens (including phenoxy) is 1. The summed E-state index contributed by atoms with van der Waals surface area (Å²) in [5, 5.41) is 3.53. The number of nitrogens with one attached hydrogen (secondary N) is 1. The van der Waals surface area contributed by atoms with Gasteiger partial charge in [-0.1, -0.05) is 22.9 Å². The number of halogens is 1. The number of hydrogen-bond acceptors (Lipinski definition) is 3. The summed E-state index contributed by atoms with van der Waals surface area (Å²) >= 11 is 3.52. The van der Waals surface area contributed by atoms with Crippen molar-refractivity contribution >= 4 is 15.9 Å². The summed E-state index contributed by atoms with van der Waals surface area (Å²) in [6.07, 6.45) is 1.03. The summed E-state index contributed by atoms with van der Waals surface area (Å²) in [5.41, 5.74) is 1.20. The predicted octanol–water partition coefficient (Wildman–Crippen LogP) is 3.28. The van der Waals surface area contributed by atoms with E-state index in [1.54, 1.807) is 0 Å². The second-order valence-corrected chi connectivity index (χ2v) is 6.06. The first-order chi connectivity index (χ1) is 9.02. The molecular formula is C15H25BrN2O. The van der Waals surface area contributed by atoms with Crippen molar-refractivity contribution in [2.45, 2.75) is 32.9 Å². The fourth-order valence-electron chi connectivity index (χ4n) is 1.94. The van der Waals surface area contributed by atoms with Gasteiger partial charge in [-0.15, -0.1) is 0 Å². The third-order valence-electron chi connectivity index (χ3n) is 2.76. The molecule has 1 N–H and O–H groups in total. The quantitative estimate of drug-likeness (QED) is 0.792. The maximum atomic E-state index is 5.78. The lowest BCUT2D eigenvalue weighted by Crippen LogP contribution is -2.35. The number of likely N-dealkylation sites (N-methyl/N-ethyl adjacent to an activating group) is 1. The van der Waals surface area contributed by atoms with Crippen molar-refractivity contribution in [3.63, 3.8) is 0 Å². The standard InChI is InChI=1S/C15H25BrN2O/c1-5-8-19-15-7-6-14(16)9-13(15)10-17-12(2)11-18(3)4/h6-7,9,12,17H,5,8,10-11H2,1-4H3. The Morgan fingerprint density at radius 2 is 2.11 bits per heavy atom. The van der Waals surface area contributed by atoms with Gasteiger partial charge in [0.15, 0.2) is 0 Å². The van der Waals surface area contributed by atoms with Gasteiger partial charge in [-0.3, -0.25) is 0 Å². The zero-order chi connectivity index (χ0) is 14.3. The van der Waals surface area contributed by atoms with Crippen LogP contribution in [0.4, 0.5) is 0 Å². The highest BCUT2D eigenvalue weighted by molar-refractivity contribution is 9.10. The molecule has 0 aliphatic carbocycles. The van der Waals surface area contributed by atoms with Crippen LogP contribution in [0, 0.1) is 0 Å². The molecule has 1 atom stereocenters. The molecule has 0 aliphatic heterocycles. The topological polar surface area (TPSA) is 24.5 Å². The predicted molar refractivity (Wildman–Crippen MR) is 84.8 cm³/mol. The maximum absolute atomic E-state index is 5.78. The van der Waals surface area contributed by atoms with Crippen LogP contribution in [-0.2, 0) is 6.54 Å². The van der Waals surface area contributed by atoms with E-state index in [-0.39, 0.29) is 0 Å². The normalized spacial score (nSPS) is 12.7. The Bertz CT molecular complexity index is 382. The van der Waals surface area contributed by atoms with Crippen molar-refractivity contribution in [3.8, 4) is 5.75 Å². The van der Waals surface area contributed by atoms with Crippen LogP contribution < -0.4 is 10.1 Å². The van der Waals surface area contributed by atoms with Gasteiger partial charge in [-0.2, -0.15) is 0 Å². The van der Waals surface area contributed by atoms with Crippen LogP contribution in [0.3, 0.4) is 0 Å². The van der Waals surface area contributed by atoms with E-state index in [2.05, 4.69) is 60.2 Å². The van der Waals surface area contributed by atoms with Gasteiger partial charge in [0.05, 0.1) is 6.61 Å². The zero-order valence-electron chi connectivity index (χ0n) is 12.4. The molecule has 0 radical (unpaired) electrons. The monoisotopic (exact) mass is 328 g/mol. The minimum absolute atomic E-state index is 0.452. The molecule has 1 unspecified atom stereocenters. The largest absolute Gasteiger partial charge is 0.493 e. The summed E-state index contributed by atoms with van der Waals surface area (Å²) in [5.74, 6) is 0.981. The van der Waals surface area contributed by atoms with Gasteiger partial charge in [0, 0.05) is 29.2 Å².